The molecule has 0 spiro atoms. The summed E-state index contributed by atoms with van der Waals surface area (Å²) in [7, 11) is -3.61. The van der Waals surface area contributed by atoms with Gasteiger partial charge in [-0.15, -0.1) is 0 Å². The van der Waals surface area contributed by atoms with Crippen LogP contribution in [0.1, 0.15) is 12.8 Å². The van der Waals surface area contributed by atoms with Crippen molar-refractivity contribution in [3.8, 4) is 0 Å². The minimum Gasteiger partial charge on any atom is -0.337 e. The molecule has 0 unspecified atom stereocenters. The molecule has 0 atom stereocenters. The van der Waals surface area contributed by atoms with Crippen molar-refractivity contribution in [2.75, 3.05) is 6.54 Å². The predicted octanol–water partition coefficient (Wildman–Crippen LogP) is 2.34. The Morgan fingerprint density at radius 2 is 2.10 bits per heavy atom. The lowest BCUT2D eigenvalue weighted by atomic mass is 10.3. The molecule has 0 radical (unpaired) electrons. The SMILES string of the molecule is O=S(=O)(NCCCCn1ccnc1)c1cnc(Cl)c(Cl)c1. The van der Waals surface area contributed by atoms with Crippen LogP contribution in [-0.4, -0.2) is 29.5 Å². The molecule has 6 nitrogen and oxygen atoms in total. The van der Waals surface area contributed by atoms with Crippen LogP contribution < -0.4 is 4.72 Å². The molecule has 114 valence electrons. The summed E-state index contributed by atoms with van der Waals surface area (Å²) < 4.78 is 28.5. The van der Waals surface area contributed by atoms with E-state index in [1.807, 2.05) is 10.8 Å². The second-order valence-corrected chi connectivity index (χ2v) is 6.88. The van der Waals surface area contributed by atoms with Gasteiger partial charge in [0.1, 0.15) is 10.0 Å². The minimum absolute atomic E-state index is 0.00603. The van der Waals surface area contributed by atoms with E-state index in [1.54, 1.807) is 12.5 Å². The molecule has 2 aromatic rings. The van der Waals surface area contributed by atoms with Crippen molar-refractivity contribution in [1.82, 2.24) is 19.3 Å². The van der Waals surface area contributed by atoms with Crippen LogP contribution >= 0.6 is 23.2 Å². The number of halogens is 2. The Labute approximate surface area is 133 Å². The number of aromatic nitrogens is 3. The molecule has 0 bridgehead atoms. The largest absolute Gasteiger partial charge is 0.337 e. The third-order valence-corrected chi connectivity index (χ3v) is 4.89. The smallest absolute Gasteiger partial charge is 0.242 e. The van der Waals surface area contributed by atoms with Gasteiger partial charge < -0.3 is 4.57 Å². The zero-order valence-electron chi connectivity index (χ0n) is 11.0. The zero-order valence-corrected chi connectivity index (χ0v) is 13.4. The van der Waals surface area contributed by atoms with E-state index in [-0.39, 0.29) is 15.1 Å². The van der Waals surface area contributed by atoms with Crippen molar-refractivity contribution >= 4 is 33.2 Å². The van der Waals surface area contributed by atoms with Gasteiger partial charge in [-0.25, -0.2) is 23.1 Å². The summed E-state index contributed by atoms with van der Waals surface area (Å²) in [5.41, 5.74) is 0. The first-order valence-corrected chi connectivity index (χ1v) is 8.49. The molecule has 0 saturated carbocycles. The van der Waals surface area contributed by atoms with Gasteiger partial charge in [0.15, 0.2) is 0 Å². The van der Waals surface area contributed by atoms with Gasteiger partial charge in [-0.2, -0.15) is 0 Å². The van der Waals surface area contributed by atoms with E-state index in [2.05, 4.69) is 14.7 Å². The molecule has 0 aromatic carbocycles. The van der Waals surface area contributed by atoms with E-state index in [0.717, 1.165) is 13.0 Å². The number of nitrogens with zero attached hydrogens (tertiary/aromatic N) is 3. The second kappa shape index (κ2) is 7.22. The Kier molecular flexibility index (Phi) is 5.58. The first-order valence-electron chi connectivity index (χ1n) is 6.25. The minimum atomic E-state index is -3.61. The van der Waals surface area contributed by atoms with Crippen LogP contribution in [0.4, 0.5) is 0 Å². The Hall–Kier alpha value is -1.15. The molecule has 0 aliphatic heterocycles. The van der Waals surface area contributed by atoms with E-state index >= 15 is 0 Å². The van der Waals surface area contributed by atoms with Gasteiger partial charge in [-0.3, -0.25) is 0 Å². The normalized spacial score (nSPS) is 11.7. The number of rotatable bonds is 7. The van der Waals surface area contributed by atoms with E-state index in [1.165, 1.54) is 12.3 Å². The highest BCUT2D eigenvalue weighted by molar-refractivity contribution is 7.89. The Morgan fingerprint density at radius 3 is 2.76 bits per heavy atom. The molecule has 0 amide bonds. The first kappa shape index (κ1) is 16.2. The highest BCUT2D eigenvalue weighted by atomic mass is 35.5. The quantitative estimate of drug-likeness (QED) is 0.615. The maximum Gasteiger partial charge on any atom is 0.242 e. The molecule has 9 heteroatoms. The van der Waals surface area contributed by atoms with Gasteiger partial charge in [-0.1, -0.05) is 23.2 Å². The Bertz CT molecular complexity index is 689. The van der Waals surface area contributed by atoms with Gasteiger partial charge in [-0.05, 0) is 18.9 Å². The van der Waals surface area contributed by atoms with Crippen molar-refractivity contribution in [2.24, 2.45) is 0 Å². The number of imidazole rings is 1. The van der Waals surface area contributed by atoms with E-state index in [9.17, 15) is 8.42 Å². The van der Waals surface area contributed by atoms with Crippen molar-refractivity contribution in [1.29, 1.82) is 0 Å². The van der Waals surface area contributed by atoms with Crippen LogP contribution in [-0.2, 0) is 16.6 Å². The summed E-state index contributed by atoms with van der Waals surface area (Å²) in [6.45, 7) is 1.15. The number of pyridine rings is 1. The second-order valence-electron chi connectivity index (χ2n) is 4.35. The molecular formula is C12H14Cl2N4O2S. The Morgan fingerprint density at radius 1 is 1.29 bits per heavy atom. The average molecular weight is 349 g/mol. The van der Waals surface area contributed by atoms with Crippen LogP contribution in [0.2, 0.25) is 10.2 Å². The van der Waals surface area contributed by atoms with Crippen LogP contribution in [0.15, 0.2) is 35.9 Å². The predicted molar refractivity (Wildman–Crippen MR) is 80.9 cm³/mol. The topological polar surface area (TPSA) is 76.9 Å². The summed E-state index contributed by atoms with van der Waals surface area (Å²) in [5, 5.41) is 0.190. The van der Waals surface area contributed by atoms with Crippen molar-refractivity contribution in [3.63, 3.8) is 0 Å². The highest BCUT2D eigenvalue weighted by Gasteiger charge is 2.15. The van der Waals surface area contributed by atoms with Crippen LogP contribution in [0.3, 0.4) is 0 Å². The number of unbranched alkanes of at least 4 members (excludes halogenated alkanes) is 1. The third-order valence-electron chi connectivity index (χ3n) is 2.78. The van der Waals surface area contributed by atoms with Crippen molar-refractivity contribution < 1.29 is 8.42 Å². The van der Waals surface area contributed by atoms with Crippen LogP contribution in [0.5, 0.6) is 0 Å². The molecule has 0 aliphatic carbocycles. The van der Waals surface area contributed by atoms with E-state index in [0.29, 0.717) is 13.0 Å². The molecule has 0 aliphatic rings. The molecule has 2 heterocycles. The molecule has 21 heavy (non-hydrogen) atoms. The van der Waals surface area contributed by atoms with Gasteiger partial charge >= 0.3 is 0 Å². The average Bonchev–Trinajstić information content (AvgIpc) is 2.94. The Balaban J connectivity index is 1.82. The molecule has 2 rings (SSSR count). The zero-order chi connectivity index (χ0) is 15.3. The third kappa shape index (κ3) is 4.67. The lowest BCUT2D eigenvalue weighted by Crippen LogP contribution is -2.25. The van der Waals surface area contributed by atoms with Gasteiger partial charge in [0, 0.05) is 31.7 Å². The number of hydrogen-bond acceptors (Lipinski definition) is 4. The molecular weight excluding hydrogens is 335 g/mol. The fourth-order valence-electron chi connectivity index (χ4n) is 1.68. The first-order chi connectivity index (χ1) is 9.99. The highest BCUT2D eigenvalue weighted by Crippen LogP contribution is 2.21. The van der Waals surface area contributed by atoms with Crippen LogP contribution in [0.25, 0.3) is 0 Å². The summed E-state index contributed by atoms with van der Waals surface area (Å²) >= 11 is 11.4. The number of sulfonamides is 1. The standard InChI is InChI=1S/C12H14Cl2N4O2S/c13-11-7-10(8-16-12(11)14)21(19,20)17-3-1-2-5-18-6-4-15-9-18/h4,6-9,17H,1-3,5H2. The summed E-state index contributed by atoms with van der Waals surface area (Å²) in [5.74, 6) is 0. The summed E-state index contributed by atoms with van der Waals surface area (Å²) in [6.07, 6.45) is 8.05. The van der Waals surface area contributed by atoms with Crippen molar-refractivity contribution in [3.05, 3.63) is 41.2 Å². The molecule has 2 aromatic heterocycles. The van der Waals surface area contributed by atoms with Crippen molar-refractivity contribution in [2.45, 2.75) is 24.3 Å². The van der Waals surface area contributed by atoms with Crippen LogP contribution in [0, 0.1) is 0 Å². The lowest BCUT2D eigenvalue weighted by molar-refractivity contribution is 0.566. The number of hydrogen-bond donors (Lipinski definition) is 1. The summed E-state index contributed by atoms with van der Waals surface area (Å²) in [6, 6.07) is 1.28. The summed E-state index contributed by atoms with van der Waals surface area (Å²) in [4.78, 5) is 7.67. The molecule has 1 N–H and O–H groups in total. The van der Waals surface area contributed by atoms with E-state index in [4.69, 9.17) is 23.2 Å². The van der Waals surface area contributed by atoms with Gasteiger partial charge in [0.05, 0.1) is 11.3 Å². The maximum atomic E-state index is 12.0. The fourth-order valence-corrected chi connectivity index (χ4v) is 3.06. The maximum absolute atomic E-state index is 12.0. The monoisotopic (exact) mass is 348 g/mol. The molecule has 0 saturated heterocycles. The van der Waals surface area contributed by atoms with Gasteiger partial charge in [0.2, 0.25) is 10.0 Å². The molecule has 0 fully saturated rings. The van der Waals surface area contributed by atoms with E-state index < -0.39 is 10.0 Å². The fraction of sp³-hybridized carbons (Fsp3) is 0.333. The lowest BCUT2D eigenvalue weighted by Gasteiger charge is -2.07. The number of aryl methyl sites for hydroxylation is 1. The van der Waals surface area contributed by atoms with Gasteiger partial charge in [0.25, 0.3) is 0 Å². The number of nitrogens with one attached hydrogen (secondary N) is 1.